The number of benzene rings is 1. The van der Waals surface area contributed by atoms with Crippen LogP contribution < -0.4 is 10.6 Å². The zero-order valence-corrected chi connectivity index (χ0v) is 19.7. The molecule has 0 radical (unpaired) electrons. The van der Waals surface area contributed by atoms with Gasteiger partial charge in [-0.05, 0) is 43.0 Å². The minimum Gasteiger partial charge on any atom is -0.381 e. The third-order valence-corrected chi connectivity index (χ3v) is 5.56. The molecule has 0 spiro atoms. The maximum atomic E-state index is 6.02. The van der Waals surface area contributed by atoms with Gasteiger partial charge in [0.2, 0.25) is 0 Å². The number of nitrogens with one attached hydrogen (secondary N) is 2. The third kappa shape index (κ3) is 7.69. The Hall–Kier alpha value is -1.16. The van der Waals surface area contributed by atoms with Crippen LogP contribution in [0.1, 0.15) is 33.7 Å². The first-order valence-corrected chi connectivity index (χ1v) is 10.3. The van der Waals surface area contributed by atoms with Crippen molar-refractivity contribution in [2.24, 2.45) is 4.99 Å². The Morgan fingerprint density at radius 2 is 1.89 bits per heavy atom. The van der Waals surface area contributed by atoms with Crippen molar-refractivity contribution >= 4 is 41.3 Å². The molecule has 0 saturated carbocycles. The van der Waals surface area contributed by atoms with Crippen molar-refractivity contribution in [3.05, 3.63) is 57.3 Å². The molecule has 1 aliphatic rings. The van der Waals surface area contributed by atoms with Crippen LogP contribution in [0.15, 0.2) is 41.4 Å². The van der Waals surface area contributed by atoms with E-state index in [4.69, 9.17) is 9.47 Å². The predicted molar refractivity (Wildman–Crippen MR) is 127 cm³/mol. The molecule has 1 aliphatic heterocycles. The molecule has 0 unspecified atom stereocenters. The van der Waals surface area contributed by atoms with E-state index in [-0.39, 0.29) is 24.0 Å². The molecule has 0 atom stereocenters. The highest BCUT2D eigenvalue weighted by atomic mass is 127. The topological polar surface area (TPSA) is 54.9 Å². The van der Waals surface area contributed by atoms with Crippen molar-refractivity contribution in [2.45, 2.75) is 45.6 Å². The molecule has 0 amide bonds. The van der Waals surface area contributed by atoms with Crippen molar-refractivity contribution in [3.63, 3.8) is 0 Å². The van der Waals surface area contributed by atoms with Gasteiger partial charge in [0.15, 0.2) is 5.96 Å². The van der Waals surface area contributed by atoms with Gasteiger partial charge >= 0.3 is 0 Å². The van der Waals surface area contributed by atoms with E-state index in [1.165, 1.54) is 20.9 Å². The number of guanidine groups is 1. The van der Waals surface area contributed by atoms with Gasteiger partial charge in [0, 0.05) is 36.6 Å². The van der Waals surface area contributed by atoms with Gasteiger partial charge in [0.25, 0.3) is 0 Å². The average molecular weight is 515 g/mol. The fourth-order valence-corrected chi connectivity index (χ4v) is 3.87. The van der Waals surface area contributed by atoms with Crippen LogP contribution >= 0.6 is 35.3 Å². The van der Waals surface area contributed by atoms with Crippen molar-refractivity contribution in [2.75, 3.05) is 20.3 Å². The SMILES string of the molecule is CN=C(NCc1cccc(COC2CCOCC2)c1)NCc1ccc(C)s1.I. The summed E-state index contributed by atoms with van der Waals surface area (Å²) >= 11 is 1.81. The van der Waals surface area contributed by atoms with E-state index < -0.39 is 0 Å². The largest absolute Gasteiger partial charge is 0.381 e. The van der Waals surface area contributed by atoms with E-state index in [2.05, 4.69) is 58.9 Å². The van der Waals surface area contributed by atoms with Crippen LogP contribution in [0.5, 0.6) is 0 Å². The first kappa shape index (κ1) is 23.1. The number of hydrogen-bond acceptors (Lipinski definition) is 4. The fourth-order valence-electron chi connectivity index (χ4n) is 3.04. The molecule has 5 nitrogen and oxygen atoms in total. The van der Waals surface area contributed by atoms with Gasteiger partial charge in [-0.2, -0.15) is 0 Å². The molecule has 0 bridgehead atoms. The summed E-state index contributed by atoms with van der Waals surface area (Å²) in [6.45, 7) is 5.92. The lowest BCUT2D eigenvalue weighted by Gasteiger charge is -2.22. The Morgan fingerprint density at radius 3 is 2.61 bits per heavy atom. The van der Waals surface area contributed by atoms with Crippen LogP contribution in [-0.4, -0.2) is 32.3 Å². The van der Waals surface area contributed by atoms with Gasteiger partial charge in [0.1, 0.15) is 0 Å². The van der Waals surface area contributed by atoms with Gasteiger partial charge in [-0.25, -0.2) is 0 Å². The number of aliphatic imine (C=N–C) groups is 1. The van der Waals surface area contributed by atoms with E-state index in [0.29, 0.717) is 12.7 Å². The van der Waals surface area contributed by atoms with Crippen molar-refractivity contribution in [1.82, 2.24) is 10.6 Å². The number of rotatable bonds is 7. The summed E-state index contributed by atoms with van der Waals surface area (Å²) in [4.78, 5) is 6.94. The summed E-state index contributed by atoms with van der Waals surface area (Å²) in [7, 11) is 1.80. The lowest BCUT2D eigenvalue weighted by Crippen LogP contribution is -2.36. The van der Waals surface area contributed by atoms with E-state index >= 15 is 0 Å². The normalized spacial score (nSPS) is 15.1. The molecule has 2 heterocycles. The molecule has 0 aliphatic carbocycles. The van der Waals surface area contributed by atoms with Crippen LogP contribution in [0.3, 0.4) is 0 Å². The maximum absolute atomic E-state index is 6.02. The number of thiophene rings is 1. The maximum Gasteiger partial charge on any atom is 0.191 e. The summed E-state index contributed by atoms with van der Waals surface area (Å²) in [5.74, 6) is 0.810. The van der Waals surface area contributed by atoms with Crippen molar-refractivity contribution in [3.8, 4) is 0 Å². The molecule has 3 rings (SSSR count). The predicted octanol–water partition coefficient (Wildman–Crippen LogP) is 4.24. The van der Waals surface area contributed by atoms with E-state index in [1.54, 1.807) is 18.4 Å². The van der Waals surface area contributed by atoms with Crippen LogP contribution in [0.25, 0.3) is 0 Å². The Balaban J connectivity index is 0.00000280. The Bertz CT molecular complexity index is 745. The molecule has 7 heteroatoms. The number of ether oxygens (including phenoxy) is 2. The third-order valence-electron chi connectivity index (χ3n) is 4.56. The number of aryl methyl sites for hydroxylation is 1. The zero-order chi connectivity index (χ0) is 18.9. The van der Waals surface area contributed by atoms with Crippen molar-refractivity contribution in [1.29, 1.82) is 0 Å². The molecular formula is C21H30IN3O2S. The highest BCUT2D eigenvalue weighted by Gasteiger charge is 2.14. The van der Waals surface area contributed by atoms with E-state index in [1.807, 2.05) is 0 Å². The standard InChI is InChI=1S/C21H29N3O2S.HI/c1-16-6-7-20(27-16)14-24-21(22-2)23-13-17-4-3-5-18(12-17)15-26-19-8-10-25-11-9-19;/h3-7,12,19H,8-11,13-15H2,1-2H3,(H2,22,23,24);1H. The highest BCUT2D eigenvalue weighted by Crippen LogP contribution is 2.15. The molecular weight excluding hydrogens is 485 g/mol. The molecule has 2 N–H and O–H groups in total. The highest BCUT2D eigenvalue weighted by molar-refractivity contribution is 14.0. The van der Waals surface area contributed by atoms with Crippen LogP contribution in [0, 0.1) is 6.92 Å². The zero-order valence-electron chi connectivity index (χ0n) is 16.6. The first-order chi connectivity index (χ1) is 13.2. The van der Waals surface area contributed by atoms with E-state index in [0.717, 1.165) is 45.1 Å². The Kier molecular flexibility index (Phi) is 10.3. The lowest BCUT2D eigenvalue weighted by molar-refractivity contribution is -0.0390. The van der Waals surface area contributed by atoms with Gasteiger partial charge in [0.05, 0.1) is 19.3 Å². The summed E-state index contributed by atoms with van der Waals surface area (Å²) in [5, 5.41) is 6.75. The summed E-state index contributed by atoms with van der Waals surface area (Å²) < 4.78 is 11.4. The van der Waals surface area contributed by atoms with Crippen LogP contribution in [0.4, 0.5) is 0 Å². The van der Waals surface area contributed by atoms with E-state index in [9.17, 15) is 0 Å². The minimum atomic E-state index is 0. The lowest BCUT2D eigenvalue weighted by atomic mass is 10.1. The van der Waals surface area contributed by atoms with Gasteiger partial charge < -0.3 is 20.1 Å². The van der Waals surface area contributed by atoms with Crippen LogP contribution in [0.2, 0.25) is 0 Å². The molecule has 1 aromatic carbocycles. The fraction of sp³-hybridized carbons (Fsp3) is 0.476. The Morgan fingerprint density at radius 1 is 1.14 bits per heavy atom. The van der Waals surface area contributed by atoms with Crippen LogP contribution in [-0.2, 0) is 29.2 Å². The summed E-state index contributed by atoms with van der Waals surface area (Å²) in [6, 6.07) is 12.8. The number of nitrogens with zero attached hydrogens (tertiary/aromatic N) is 1. The number of halogens is 1. The smallest absolute Gasteiger partial charge is 0.191 e. The average Bonchev–Trinajstić information content (AvgIpc) is 3.13. The molecule has 1 aromatic heterocycles. The summed E-state index contributed by atoms with van der Waals surface area (Å²) in [6.07, 6.45) is 2.31. The van der Waals surface area contributed by atoms with Gasteiger partial charge in [-0.15, -0.1) is 35.3 Å². The second-order valence-electron chi connectivity index (χ2n) is 6.73. The van der Waals surface area contributed by atoms with Gasteiger partial charge in [-0.3, -0.25) is 4.99 Å². The second kappa shape index (κ2) is 12.4. The number of hydrogen-bond donors (Lipinski definition) is 2. The Labute approximate surface area is 189 Å². The molecule has 1 saturated heterocycles. The molecule has 28 heavy (non-hydrogen) atoms. The molecule has 2 aromatic rings. The quantitative estimate of drug-likeness (QED) is 0.329. The van der Waals surface area contributed by atoms with Gasteiger partial charge in [-0.1, -0.05) is 24.3 Å². The van der Waals surface area contributed by atoms with Crippen molar-refractivity contribution < 1.29 is 9.47 Å². The molecule has 154 valence electrons. The minimum absolute atomic E-state index is 0. The second-order valence-corrected chi connectivity index (χ2v) is 8.11. The first-order valence-electron chi connectivity index (χ1n) is 9.50. The summed E-state index contributed by atoms with van der Waals surface area (Å²) in [5.41, 5.74) is 2.43. The molecule has 1 fully saturated rings. The monoisotopic (exact) mass is 515 g/mol.